The number of aliphatic carboxylic acids is 1. The molecule has 120 valence electrons. The minimum atomic E-state index is -1.40. The summed E-state index contributed by atoms with van der Waals surface area (Å²) in [5.74, 6) is -1.41. The molecule has 3 amide bonds. The third kappa shape index (κ3) is 4.59. The second-order valence-electron chi connectivity index (χ2n) is 5.36. The number of carboxylic acid groups (broad SMARTS) is 1. The summed E-state index contributed by atoms with van der Waals surface area (Å²) >= 11 is 0. The Kier molecular flexibility index (Phi) is 5.95. The number of nitrogens with one attached hydrogen (secondary N) is 2. The molecule has 0 aromatic heterocycles. The molecule has 1 heterocycles. The zero-order chi connectivity index (χ0) is 16.0. The second-order valence-corrected chi connectivity index (χ2v) is 5.36. The standard InChI is InChI=1S/C13H23N3O5/c1-4-16(7-10(17)14-9(2)3)12(20)15-13(11(18)19)5-6-21-8-13/h9H,4-8H2,1-3H3,(H,14,17)(H,15,20)(H,18,19). The first-order chi connectivity index (χ1) is 9.80. The summed E-state index contributed by atoms with van der Waals surface area (Å²) in [7, 11) is 0. The smallest absolute Gasteiger partial charge is 0.332 e. The molecule has 8 nitrogen and oxygen atoms in total. The summed E-state index contributed by atoms with van der Waals surface area (Å²) < 4.78 is 5.08. The zero-order valence-corrected chi connectivity index (χ0v) is 12.6. The van der Waals surface area contributed by atoms with E-state index in [1.54, 1.807) is 6.92 Å². The molecule has 3 N–H and O–H groups in total. The van der Waals surface area contributed by atoms with Crippen LogP contribution < -0.4 is 10.6 Å². The summed E-state index contributed by atoms with van der Waals surface area (Å²) in [6.07, 6.45) is 0.212. The fourth-order valence-corrected chi connectivity index (χ4v) is 2.04. The summed E-state index contributed by atoms with van der Waals surface area (Å²) in [4.78, 5) is 36.5. The number of amides is 3. The third-order valence-corrected chi connectivity index (χ3v) is 3.23. The molecule has 1 unspecified atom stereocenters. The lowest BCUT2D eigenvalue weighted by Gasteiger charge is -2.28. The topological polar surface area (TPSA) is 108 Å². The summed E-state index contributed by atoms with van der Waals surface area (Å²) in [6.45, 7) is 5.77. The van der Waals surface area contributed by atoms with Gasteiger partial charge in [-0.15, -0.1) is 0 Å². The van der Waals surface area contributed by atoms with E-state index in [4.69, 9.17) is 4.74 Å². The summed E-state index contributed by atoms with van der Waals surface area (Å²) in [5, 5.41) is 14.4. The molecule has 21 heavy (non-hydrogen) atoms. The average molecular weight is 301 g/mol. The molecule has 0 spiro atoms. The van der Waals surface area contributed by atoms with E-state index < -0.39 is 17.5 Å². The highest BCUT2D eigenvalue weighted by Crippen LogP contribution is 2.19. The van der Waals surface area contributed by atoms with Crippen molar-refractivity contribution in [2.75, 3.05) is 26.3 Å². The number of ether oxygens (including phenoxy) is 1. The van der Waals surface area contributed by atoms with Crippen LogP contribution in [0.2, 0.25) is 0 Å². The van der Waals surface area contributed by atoms with Crippen molar-refractivity contribution >= 4 is 17.9 Å². The van der Waals surface area contributed by atoms with Gasteiger partial charge in [-0.1, -0.05) is 0 Å². The van der Waals surface area contributed by atoms with Gasteiger partial charge >= 0.3 is 12.0 Å². The van der Waals surface area contributed by atoms with Crippen LogP contribution in [0.25, 0.3) is 0 Å². The fourth-order valence-electron chi connectivity index (χ4n) is 2.04. The van der Waals surface area contributed by atoms with Crippen molar-refractivity contribution in [1.82, 2.24) is 15.5 Å². The highest BCUT2D eigenvalue weighted by molar-refractivity contribution is 5.89. The van der Waals surface area contributed by atoms with E-state index in [9.17, 15) is 19.5 Å². The highest BCUT2D eigenvalue weighted by Gasteiger charge is 2.44. The molecule has 0 aromatic carbocycles. The average Bonchev–Trinajstić information content (AvgIpc) is 2.84. The molecular formula is C13H23N3O5. The lowest BCUT2D eigenvalue weighted by Crippen LogP contribution is -2.59. The predicted octanol–water partition coefficient (Wildman–Crippen LogP) is -0.214. The molecular weight excluding hydrogens is 278 g/mol. The number of hydrogen-bond acceptors (Lipinski definition) is 4. The maximum Gasteiger partial charge on any atom is 0.332 e. The van der Waals surface area contributed by atoms with E-state index in [2.05, 4.69) is 10.6 Å². The highest BCUT2D eigenvalue weighted by atomic mass is 16.5. The van der Waals surface area contributed by atoms with Gasteiger partial charge in [0.15, 0.2) is 5.54 Å². The number of nitrogens with zero attached hydrogens (tertiary/aromatic N) is 1. The van der Waals surface area contributed by atoms with Gasteiger partial charge in [-0.25, -0.2) is 9.59 Å². The number of rotatable bonds is 6. The monoisotopic (exact) mass is 301 g/mol. The van der Waals surface area contributed by atoms with Gasteiger partial charge in [0.2, 0.25) is 5.91 Å². The Bertz CT molecular complexity index is 405. The molecule has 0 aliphatic carbocycles. The Morgan fingerprint density at radius 1 is 1.38 bits per heavy atom. The summed E-state index contributed by atoms with van der Waals surface area (Å²) in [5.41, 5.74) is -1.40. The lowest BCUT2D eigenvalue weighted by atomic mass is 9.99. The number of carbonyl (C=O) groups is 3. The third-order valence-electron chi connectivity index (χ3n) is 3.23. The van der Waals surface area contributed by atoms with Crippen molar-refractivity contribution in [2.24, 2.45) is 0 Å². The molecule has 1 aliphatic rings. The van der Waals surface area contributed by atoms with Crippen molar-refractivity contribution in [2.45, 2.75) is 38.8 Å². The Balaban J connectivity index is 2.66. The summed E-state index contributed by atoms with van der Waals surface area (Å²) in [6, 6.07) is -0.600. The molecule has 8 heteroatoms. The number of carbonyl (C=O) groups excluding carboxylic acids is 2. The van der Waals surface area contributed by atoms with Crippen LogP contribution in [-0.4, -0.2) is 65.8 Å². The first kappa shape index (κ1) is 17.2. The van der Waals surface area contributed by atoms with Crippen molar-refractivity contribution in [3.05, 3.63) is 0 Å². The largest absolute Gasteiger partial charge is 0.479 e. The van der Waals surface area contributed by atoms with Gasteiger partial charge in [0, 0.05) is 25.6 Å². The van der Waals surface area contributed by atoms with E-state index in [1.807, 2.05) is 13.8 Å². The number of hydrogen-bond donors (Lipinski definition) is 3. The maximum absolute atomic E-state index is 12.2. The molecule has 1 fully saturated rings. The fraction of sp³-hybridized carbons (Fsp3) is 0.769. The lowest BCUT2D eigenvalue weighted by molar-refractivity contribution is -0.144. The normalized spacial score (nSPS) is 21.1. The van der Waals surface area contributed by atoms with Gasteiger partial charge in [-0.2, -0.15) is 0 Å². The van der Waals surface area contributed by atoms with Crippen molar-refractivity contribution in [1.29, 1.82) is 0 Å². The second kappa shape index (κ2) is 7.26. The van der Waals surface area contributed by atoms with Crippen LogP contribution in [0.1, 0.15) is 27.2 Å². The van der Waals surface area contributed by atoms with Crippen LogP contribution in [-0.2, 0) is 14.3 Å². The maximum atomic E-state index is 12.2. The Morgan fingerprint density at radius 3 is 2.48 bits per heavy atom. The van der Waals surface area contributed by atoms with E-state index in [0.717, 1.165) is 0 Å². The quantitative estimate of drug-likeness (QED) is 0.629. The zero-order valence-electron chi connectivity index (χ0n) is 12.6. The van der Waals surface area contributed by atoms with E-state index in [1.165, 1.54) is 4.90 Å². The first-order valence-electron chi connectivity index (χ1n) is 6.98. The van der Waals surface area contributed by atoms with Crippen LogP contribution in [0, 0.1) is 0 Å². The van der Waals surface area contributed by atoms with Gasteiger partial charge in [0.25, 0.3) is 0 Å². The van der Waals surface area contributed by atoms with Crippen LogP contribution >= 0.6 is 0 Å². The first-order valence-corrected chi connectivity index (χ1v) is 6.98. The van der Waals surface area contributed by atoms with Gasteiger partial charge in [0.05, 0.1) is 6.61 Å². The van der Waals surface area contributed by atoms with E-state index >= 15 is 0 Å². The van der Waals surface area contributed by atoms with Crippen molar-refractivity contribution < 1.29 is 24.2 Å². The van der Waals surface area contributed by atoms with Gasteiger partial charge < -0.3 is 25.4 Å². The van der Waals surface area contributed by atoms with Gasteiger partial charge in [0.1, 0.15) is 6.54 Å². The van der Waals surface area contributed by atoms with Crippen LogP contribution in [0.3, 0.4) is 0 Å². The van der Waals surface area contributed by atoms with E-state index in [0.29, 0.717) is 6.54 Å². The molecule has 0 aromatic rings. The minimum absolute atomic E-state index is 0.0205. The molecule has 1 aliphatic heterocycles. The van der Waals surface area contributed by atoms with Gasteiger partial charge in [-0.3, -0.25) is 4.79 Å². The van der Waals surface area contributed by atoms with Crippen LogP contribution in [0.4, 0.5) is 4.79 Å². The van der Waals surface area contributed by atoms with Gasteiger partial charge in [-0.05, 0) is 20.8 Å². The van der Waals surface area contributed by atoms with E-state index in [-0.39, 0.29) is 38.1 Å². The Labute approximate surface area is 123 Å². The predicted molar refractivity (Wildman–Crippen MR) is 74.9 cm³/mol. The molecule has 1 atom stereocenters. The number of likely N-dealkylation sites (N-methyl/N-ethyl adjacent to an activating group) is 1. The van der Waals surface area contributed by atoms with Crippen molar-refractivity contribution in [3.63, 3.8) is 0 Å². The Morgan fingerprint density at radius 2 is 2.05 bits per heavy atom. The number of carboxylic acids is 1. The Hall–Kier alpha value is -1.83. The molecule has 0 bridgehead atoms. The molecule has 1 rings (SSSR count). The number of urea groups is 1. The van der Waals surface area contributed by atoms with Crippen LogP contribution in [0.5, 0.6) is 0 Å². The molecule has 0 saturated carbocycles. The minimum Gasteiger partial charge on any atom is -0.479 e. The van der Waals surface area contributed by atoms with Crippen LogP contribution in [0.15, 0.2) is 0 Å². The molecule has 1 saturated heterocycles. The molecule has 0 radical (unpaired) electrons. The van der Waals surface area contributed by atoms with Crippen molar-refractivity contribution in [3.8, 4) is 0 Å². The SMILES string of the molecule is CCN(CC(=O)NC(C)C)C(=O)NC1(C(=O)O)CCOC1.